The molecule has 2 aliphatic rings. The Morgan fingerprint density at radius 2 is 1.58 bits per heavy atom. The molecule has 8 nitrogen and oxygen atoms in total. The van der Waals surface area contributed by atoms with Gasteiger partial charge in [-0.3, -0.25) is 19.2 Å². The van der Waals surface area contributed by atoms with E-state index < -0.39 is 24.0 Å². The van der Waals surface area contributed by atoms with E-state index in [0.717, 1.165) is 21.9 Å². The van der Waals surface area contributed by atoms with E-state index in [9.17, 15) is 24.3 Å². The van der Waals surface area contributed by atoms with Gasteiger partial charge in [0, 0.05) is 24.1 Å². The minimum Gasteiger partial charge on any atom is -0.508 e. The van der Waals surface area contributed by atoms with Crippen molar-refractivity contribution in [3.8, 4) is 5.75 Å². The molecule has 4 aromatic rings. The van der Waals surface area contributed by atoms with Crippen molar-refractivity contribution < 1.29 is 24.3 Å². The summed E-state index contributed by atoms with van der Waals surface area (Å²) in [5.41, 5.74) is 2.71. The molecule has 0 saturated carbocycles. The first-order chi connectivity index (χ1) is 21.5. The molecule has 230 valence electrons. The van der Waals surface area contributed by atoms with Crippen LogP contribution in [-0.4, -0.2) is 69.6 Å². The third kappa shape index (κ3) is 5.92. The Labute approximate surface area is 262 Å². The van der Waals surface area contributed by atoms with Crippen LogP contribution in [0.25, 0.3) is 10.8 Å². The van der Waals surface area contributed by atoms with Crippen molar-refractivity contribution >= 4 is 34.3 Å². The molecule has 2 aliphatic heterocycles. The normalized spacial score (nSPS) is 18.6. The second-order valence-electron chi connectivity index (χ2n) is 13.0. The van der Waals surface area contributed by atoms with Gasteiger partial charge >= 0.3 is 0 Å². The minimum atomic E-state index is -0.960. The molecule has 4 aromatic carbocycles. The van der Waals surface area contributed by atoms with Crippen LogP contribution < -0.4 is 5.32 Å². The lowest BCUT2D eigenvalue weighted by Crippen LogP contribution is -2.53. The van der Waals surface area contributed by atoms with Gasteiger partial charge in [-0.1, -0.05) is 81.4 Å². The van der Waals surface area contributed by atoms with Gasteiger partial charge in [-0.25, -0.2) is 0 Å². The number of nitrogens with zero attached hydrogens (tertiary/aromatic N) is 2. The van der Waals surface area contributed by atoms with E-state index in [1.807, 2.05) is 48.5 Å². The zero-order valence-electron chi connectivity index (χ0n) is 25.7. The number of amides is 3. The highest BCUT2D eigenvalue weighted by Crippen LogP contribution is 2.33. The molecular formula is C37H37N3O5. The van der Waals surface area contributed by atoms with Gasteiger partial charge in [0.05, 0.1) is 12.6 Å². The van der Waals surface area contributed by atoms with E-state index in [2.05, 4.69) is 26.1 Å². The van der Waals surface area contributed by atoms with Crippen molar-refractivity contribution in [2.75, 3.05) is 13.1 Å². The van der Waals surface area contributed by atoms with Crippen LogP contribution in [0.15, 0.2) is 91.0 Å². The number of benzene rings is 4. The number of Topliss-reactive ketones (excluding diaryl/α,β-unsaturated/α-hetero) is 1. The summed E-state index contributed by atoms with van der Waals surface area (Å²) in [5, 5.41) is 14.5. The van der Waals surface area contributed by atoms with Crippen LogP contribution in [0.1, 0.15) is 59.0 Å². The largest absolute Gasteiger partial charge is 0.508 e. The van der Waals surface area contributed by atoms with Gasteiger partial charge in [0.2, 0.25) is 5.91 Å². The number of hydrogen-bond donors (Lipinski definition) is 2. The molecule has 2 fully saturated rings. The molecule has 2 N–H and O–H groups in total. The lowest BCUT2D eigenvalue weighted by atomic mass is 9.86. The summed E-state index contributed by atoms with van der Waals surface area (Å²) in [5.74, 6) is -1.09. The molecule has 2 saturated heterocycles. The Kier molecular flexibility index (Phi) is 7.91. The van der Waals surface area contributed by atoms with Crippen molar-refractivity contribution in [3.63, 3.8) is 0 Å². The maximum absolute atomic E-state index is 14.2. The number of carbonyl (C=O) groups is 4. The maximum atomic E-state index is 14.2. The first kappa shape index (κ1) is 30.1. The lowest BCUT2D eigenvalue weighted by molar-refractivity contribution is -0.138. The van der Waals surface area contributed by atoms with Gasteiger partial charge < -0.3 is 20.2 Å². The fourth-order valence-electron chi connectivity index (χ4n) is 6.54. The number of rotatable bonds is 6. The molecular weight excluding hydrogens is 566 g/mol. The first-order valence-corrected chi connectivity index (χ1v) is 15.3. The zero-order valence-corrected chi connectivity index (χ0v) is 25.7. The van der Waals surface area contributed by atoms with Gasteiger partial charge in [-0.15, -0.1) is 0 Å². The highest BCUT2D eigenvalue weighted by atomic mass is 16.3. The number of phenolic OH excluding ortho intramolecular Hbond substituents is 1. The fourth-order valence-corrected chi connectivity index (χ4v) is 6.54. The Bertz CT molecular complexity index is 1770. The van der Waals surface area contributed by atoms with Gasteiger partial charge in [0.25, 0.3) is 11.8 Å². The quantitative estimate of drug-likeness (QED) is 0.327. The first-order valence-electron chi connectivity index (χ1n) is 15.3. The minimum absolute atomic E-state index is 0.0731. The number of carbonyl (C=O) groups excluding carboxylic acids is 4. The maximum Gasteiger partial charge on any atom is 0.255 e. The Morgan fingerprint density at radius 3 is 2.29 bits per heavy atom. The number of nitrogens with one attached hydrogen (secondary N) is 1. The number of fused-ring (bicyclic) bond motifs is 2. The third-order valence-electron chi connectivity index (χ3n) is 8.98. The molecule has 0 aliphatic carbocycles. The molecule has 45 heavy (non-hydrogen) atoms. The van der Waals surface area contributed by atoms with Crippen molar-refractivity contribution in [1.29, 1.82) is 0 Å². The summed E-state index contributed by atoms with van der Waals surface area (Å²) < 4.78 is 0. The van der Waals surface area contributed by atoms with Crippen molar-refractivity contribution in [3.05, 3.63) is 113 Å². The standard InChI is InChI=1S/C37H37N3O5/c1-37(2,3)26-15-13-25(14-16-26)34(43)38-30(21-23-11-17-27(41)18-12-23)36(45)39-20-19-31-33(39)32(42)22-40(31)35(44)29-10-6-8-24-7-4-5-9-28(24)29/h4-18,30-31,33,41H,19-22H2,1-3H3,(H,38,43)/t30-,31+,33-/m0/s1. The number of likely N-dealkylation sites (tertiary alicyclic amines) is 2. The predicted octanol–water partition coefficient (Wildman–Crippen LogP) is 4.88. The molecule has 6 rings (SSSR count). The van der Waals surface area contributed by atoms with Crippen LogP contribution in [0.3, 0.4) is 0 Å². The van der Waals surface area contributed by atoms with E-state index in [1.165, 1.54) is 17.0 Å². The second-order valence-corrected chi connectivity index (χ2v) is 13.0. The summed E-state index contributed by atoms with van der Waals surface area (Å²) in [6.07, 6.45) is 0.637. The van der Waals surface area contributed by atoms with Crippen LogP contribution in [0, 0.1) is 0 Å². The van der Waals surface area contributed by atoms with E-state index in [-0.39, 0.29) is 41.7 Å². The average Bonchev–Trinajstić information content (AvgIpc) is 3.61. The van der Waals surface area contributed by atoms with Crippen LogP contribution in [0.2, 0.25) is 0 Å². The number of ketones is 1. The van der Waals surface area contributed by atoms with Crippen LogP contribution in [-0.2, 0) is 21.4 Å². The van der Waals surface area contributed by atoms with Crippen molar-refractivity contribution in [1.82, 2.24) is 15.1 Å². The highest BCUT2D eigenvalue weighted by molar-refractivity contribution is 6.10. The summed E-state index contributed by atoms with van der Waals surface area (Å²) >= 11 is 0. The number of phenols is 1. The summed E-state index contributed by atoms with van der Waals surface area (Å²) in [7, 11) is 0. The zero-order chi connectivity index (χ0) is 31.9. The van der Waals surface area contributed by atoms with Crippen LogP contribution in [0.5, 0.6) is 5.75 Å². The molecule has 3 atom stereocenters. The predicted molar refractivity (Wildman–Crippen MR) is 172 cm³/mol. The van der Waals surface area contributed by atoms with Gasteiger partial charge in [0.15, 0.2) is 5.78 Å². The number of hydrogen-bond acceptors (Lipinski definition) is 5. The molecule has 0 radical (unpaired) electrons. The fraction of sp³-hybridized carbons (Fsp3) is 0.297. The van der Waals surface area contributed by atoms with Crippen LogP contribution >= 0.6 is 0 Å². The molecule has 0 unspecified atom stereocenters. The Balaban J connectivity index is 1.24. The molecule has 8 heteroatoms. The van der Waals surface area contributed by atoms with E-state index >= 15 is 0 Å². The SMILES string of the molecule is CC(C)(C)c1ccc(C(=O)N[C@@H](Cc2ccc(O)cc2)C(=O)N2CC[C@@H]3[C@H]2C(=O)CN3C(=O)c2cccc3ccccc23)cc1. The van der Waals surface area contributed by atoms with E-state index in [4.69, 9.17) is 0 Å². The average molecular weight is 604 g/mol. The smallest absolute Gasteiger partial charge is 0.255 e. The van der Waals surface area contributed by atoms with Gasteiger partial charge in [-0.2, -0.15) is 0 Å². The topological polar surface area (TPSA) is 107 Å². The van der Waals surface area contributed by atoms with E-state index in [1.54, 1.807) is 35.2 Å². The molecule has 0 aromatic heterocycles. The van der Waals surface area contributed by atoms with E-state index in [0.29, 0.717) is 24.1 Å². The summed E-state index contributed by atoms with van der Waals surface area (Å²) in [6.45, 7) is 6.51. The summed E-state index contributed by atoms with van der Waals surface area (Å²) in [4.78, 5) is 58.0. The Hall–Kier alpha value is -4.98. The molecule has 0 spiro atoms. The van der Waals surface area contributed by atoms with Crippen LogP contribution in [0.4, 0.5) is 0 Å². The molecule has 0 bridgehead atoms. The molecule has 2 heterocycles. The van der Waals surface area contributed by atoms with Crippen molar-refractivity contribution in [2.24, 2.45) is 0 Å². The lowest BCUT2D eigenvalue weighted by Gasteiger charge is -2.28. The summed E-state index contributed by atoms with van der Waals surface area (Å²) in [6, 6.07) is 24.8. The third-order valence-corrected chi connectivity index (χ3v) is 8.98. The second kappa shape index (κ2) is 11.8. The highest BCUT2D eigenvalue weighted by Gasteiger charge is 2.52. The Morgan fingerprint density at radius 1 is 0.889 bits per heavy atom. The van der Waals surface area contributed by atoms with Gasteiger partial charge in [0.1, 0.15) is 17.8 Å². The van der Waals surface area contributed by atoms with Gasteiger partial charge in [-0.05, 0) is 64.1 Å². The monoisotopic (exact) mass is 603 g/mol. The number of aromatic hydroxyl groups is 1. The van der Waals surface area contributed by atoms with Crippen molar-refractivity contribution in [2.45, 2.75) is 57.2 Å². The molecule has 3 amide bonds.